The normalized spacial score (nSPS) is 15.1. The minimum Gasteiger partial charge on any atom is -0.353 e. The van der Waals surface area contributed by atoms with Crippen LogP contribution in [0.15, 0.2) is 102 Å². The van der Waals surface area contributed by atoms with Crippen molar-refractivity contribution >= 4 is 34.2 Å². The van der Waals surface area contributed by atoms with Crippen LogP contribution < -0.4 is 5.32 Å². The van der Waals surface area contributed by atoms with Crippen LogP contribution in [0.3, 0.4) is 0 Å². The number of thiophene rings is 1. The zero-order valence-corrected chi connectivity index (χ0v) is 25.0. The number of para-hydroxylation sites is 2. The van der Waals surface area contributed by atoms with Gasteiger partial charge in [-0.05, 0) is 67.1 Å². The number of likely N-dealkylation sites (N-methyl/N-ethyl adjacent to an activating group) is 1. The first-order chi connectivity index (χ1) is 20.6. The highest BCUT2D eigenvalue weighted by atomic mass is 32.1. The van der Waals surface area contributed by atoms with Gasteiger partial charge in [-0.15, -0.1) is 11.3 Å². The van der Waals surface area contributed by atoms with Gasteiger partial charge in [-0.25, -0.2) is 4.98 Å². The predicted molar refractivity (Wildman–Crippen MR) is 173 cm³/mol. The number of nitrogens with zero attached hydrogens (tertiary/aromatic N) is 4. The van der Waals surface area contributed by atoms with Crippen molar-refractivity contribution < 1.29 is 4.79 Å². The van der Waals surface area contributed by atoms with Gasteiger partial charge in [-0.1, -0.05) is 66.7 Å². The summed E-state index contributed by atoms with van der Waals surface area (Å²) in [5.41, 5.74) is 4.25. The molecule has 1 saturated heterocycles. The van der Waals surface area contributed by atoms with E-state index in [0.717, 1.165) is 62.5 Å². The predicted octanol–water partition coefficient (Wildman–Crippen LogP) is 6.97. The summed E-state index contributed by atoms with van der Waals surface area (Å²) < 4.78 is 2.32. The molecule has 0 bridgehead atoms. The number of hydrogen-bond acceptors (Lipinski definition) is 5. The Morgan fingerprint density at radius 1 is 0.952 bits per heavy atom. The lowest BCUT2D eigenvalue weighted by Crippen LogP contribution is -2.40. The highest BCUT2D eigenvalue weighted by Crippen LogP contribution is 2.26. The third kappa shape index (κ3) is 6.75. The molecule has 0 saturated carbocycles. The molecule has 5 aromatic rings. The van der Waals surface area contributed by atoms with E-state index in [9.17, 15) is 4.79 Å². The molecule has 0 radical (unpaired) electrons. The van der Waals surface area contributed by atoms with Crippen molar-refractivity contribution in [1.82, 2.24) is 19.4 Å². The van der Waals surface area contributed by atoms with Gasteiger partial charge in [0.15, 0.2) is 0 Å². The quantitative estimate of drug-likeness (QED) is 0.184. The fourth-order valence-electron chi connectivity index (χ4n) is 6.03. The minimum absolute atomic E-state index is 0.0773. The summed E-state index contributed by atoms with van der Waals surface area (Å²) in [6, 6.07) is 33.4. The van der Waals surface area contributed by atoms with E-state index >= 15 is 0 Å². The molecule has 1 atom stereocenters. The molecule has 1 N–H and O–H groups in total. The van der Waals surface area contributed by atoms with Crippen LogP contribution in [-0.2, 0) is 6.54 Å². The summed E-state index contributed by atoms with van der Waals surface area (Å²) >= 11 is 1.79. The maximum absolute atomic E-state index is 13.1. The Morgan fingerprint density at radius 3 is 2.40 bits per heavy atom. The molecule has 1 fully saturated rings. The van der Waals surface area contributed by atoms with Crippen LogP contribution in [0.5, 0.6) is 0 Å². The molecule has 3 heterocycles. The van der Waals surface area contributed by atoms with Crippen LogP contribution in [0.1, 0.15) is 46.0 Å². The van der Waals surface area contributed by atoms with Crippen molar-refractivity contribution in [2.24, 2.45) is 0 Å². The number of piperidine rings is 1. The summed E-state index contributed by atoms with van der Waals surface area (Å²) in [5, 5.41) is 5.94. The Bertz CT molecular complexity index is 1560. The van der Waals surface area contributed by atoms with Crippen LogP contribution in [0, 0.1) is 0 Å². The largest absolute Gasteiger partial charge is 0.353 e. The van der Waals surface area contributed by atoms with Crippen LogP contribution in [0.2, 0.25) is 0 Å². The van der Waals surface area contributed by atoms with E-state index in [1.54, 1.807) is 11.3 Å². The molecule has 0 aliphatic carbocycles. The van der Waals surface area contributed by atoms with Crippen molar-refractivity contribution in [2.75, 3.05) is 38.5 Å². The van der Waals surface area contributed by atoms with Crippen molar-refractivity contribution in [1.29, 1.82) is 0 Å². The fraction of sp³-hybridized carbons (Fsp3) is 0.314. The molecule has 3 aromatic carbocycles. The SMILES string of the molecule is CN(C[C@H](CCN1CCC(Nc2nc3ccccc3n2Cc2cccs2)CC1)c1ccccc1)C(=O)c1ccccc1. The van der Waals surface area contributed by atoms with E-state index in [2.05, 4.69) is 86.9 Å². The summed E-state index contributed by atoms with van der Waals surface area (Å²) in [7, 11) is 1.92. The molecule has 0 spiro atoms. The van der Waals surface area contributed by atoms with Gasteiger partial charge >= 0.3 is 0 Å². The molecule has 1 amide bonds. The number of fused-ring (bicyclic) bond motifs is 1. The molecule has 1 aliphatic rings. The maximum Gasteiger partial charge on any atom is 0.253 e. The third-order valence-corrected chi connectivity index (χ3v) is 9.26. The summed E-state index contributed by atoms with van der Waals surface area (Å²) in [6.07, 6.45) is 3.19. The first kappa shape index (κ1) is 28.2. The third-order valence-electron chi connectivity index (χ3n) is 8.40. The lowest BCUT2D eigenvalue weighted by atomic mass is 9.94. The number of aromatic nitrogens is 2. The molecule has 0 unspecified atom stereocenters. The van der Waals surface area contributed by atoms with E-state index in [1.165, 1.54) is 16.0 Å². The molecule has 2 aromatic heterocycles. The van der Waals surface area contributed by atoms with Gasteiger partial charge < -0.3 is 19.7 Å². The van der Waals surface area contributed by atoms with Crippen LogP contribution in [-0.4, -0.2) is 64.5 Å². The van der Waals surface area contributed by atoms with Crippen LogP contribution in [0.4, 0.5) is 5.95 Å². The van der Waals surface area contributed by atoms with Crippen LogP contribution in [0.25, 0.3) is 11.0 Å². The second-order valence-electron chi connectivity index (χ2n) is 11.3. The second kappa shape index (κ2) is 13.4. The number of amides is 1. The summed E-state index contributed by atoms with van der Waals surface area (Å²) in [4.78, 5) is 23.8. The van der Waals surface area contributed by atoms with Crippen molar-refractivity contribution in [3.63, 3.8) is 0 Å². The number of carbonyl (C=O) groups is 1. The second-order valence-corrected chi connectivity index (χ2v) is 12.3. The number of likely N-dealkylation sites (tertiary alicyclic amines) is 1. The monoisotopic (exact) mass is 577 g/mol. The van der Waals surface area contributed by atoms with Gasteiger partial charge in [0.2, 0.25) is 5.95 Å². The van der Waals surface area contributed by atoms with Gasteiger partial charge in [0.05, 0.1) is 17.6 Å². The molecule has 6 rings (SSSR count). The zero-order chi connectivity index (χ0) is 28.7. The Morgan fingerprint density at radius 2 is 1.67 bits per heavy atom. The van der Waals surface area contributed by atoms with E-state index in [4.69, 9.17) is 4.98 Å². The fourth-order valence-corrected chi connectivity index (χ4v) is 6.72. The molecule has 6 nitrogen and oxygen atoms in total. The molecular formula is C35H39N5OS. The number of nitrogens with one attached hydrogen (secondary N) is 1. The average molecular weight is 578 g/mol. The number of carbonyl (C=O) groups excluding carboxylic acids is 1. The van der Waals surface area contributed by atoms with Gasteiger partial charge in [-0.2, -0.15) is 0 Å². The number of anilines is 1. The van der Waals surface area contributed by atoms with E-state index in [1.807, 2.05) is 42.3 Å². The average Bonchev–Trinajstić information content (AvgIpc) is 3.68. The Hall–Kier alpha value is -3.94. The van der Waals surface area contributed by atoms with Gasteiger partial charge in [0.25, 0.3) is 5.91 Å². The maximum atomic E-state index is 13.1. The molecule has 42 heavy (non-hydrogen) atoms. The lowest BCUT2D eigenvalue weighted by Gasteiger charge is -2.34. The zero-order valence-electron chi connectivity index (χ0n) is 24.2. The van der Waals surface area contributed by atoms with E-state index in [-0.39, 0.29) is 11.8 Å². The van der Waals surface area contributed by atoms with Crippen molar-refractivity contribution in [3.8, 4) is 0 Å². The molecule has 1 aliphatic heterocycles. The number of benzene rings is 3. The standard InChI is InChI=1S/C35H39N5OS/c1-38(34(41)28-13-6-3-7-14-28)25-29(27-11-4-2-5-12-27)18-21-39-22-19-30(20-23-39)36-35-37-32-16-8-9-17-33(32)40(35)26-31-15-10-24-42-31/h2-17,24,29-30H,18-23,25-26H2,1H3,(H,36,37)/t29-/m0/s1. The van der Waals surface area contributed by atoms with Crippen molar-refractivity contribution in [3.05, 3.63) is 118 Å². The molecule has 216 valence electrons. The number of rotatable bonds is 11. The van der Waals surface area contributed by atoms with Gasteiger partial charge in [-0.3, -0.25) is 4.79 Å². The highest BCUT2D eigenvalue weighted by molar-refractivity contribution is 7.09. The molecular weight excluding hydrogens is 538 g/mol. The summed E-state index contributed by atoms with van der Waals surface area (Å²) in [5.74, 6) is 1.34. The van der Waals surface area contributed by atoms with Crippen molar-refractivity contribution in [2.45, 2.75) is 37.8 Å². The smallest absolute Gasteiger partial charge is 0.253 e. The van der Waals surface area contributed by atoms with Gasteiger partial charge in [0.1, 0.15) is 0 Å². The molecule has 7 heteroatoms. The van der Waals surface area contributed by atoms with Crippen LogP contribution >= 0.6 is 11.3 Å². The Kier molecular flexibility index (Phi) is 8.97. The summed E-state index contributed by atoms with van der Waals surface area (Å²) in [6.45, 7) is 4.68. The highest BCUT2D eigenvalue weighted by Gasteiger charge is 2.24. The number of hydrogen-bond donors (Lipinski definition) is 1. The Balaban J connectivity index is 1.06. The van der Waals surface area contributed by atoms with E-state index in [0.29, 0.717) is 12.6 Å². The first-order valence-electron chi connectivity index (χ1n) is 15.0. The Labute approximate surface area is 252 Å². The van der Waals surface area contributed by atoms with Gasteiger partial charge in [0, 0.05) is 49.1 Å². The lowest BCUT2D eigenvalue weighted by molar-refractivity contribution is 0.0782. The first-order valence-corrected chi connectivity index (χ1v) is 15.8. The number of imidazole rings is 1. The minimum atomic E-state index is 0.0773. The topological polar surface area (TPSA) is 53.4 Å². The van der Waals surface area contributed by atoms with E-state index < -0.39 is 0 Å².